The van der Waals surface area contributed by atoms with Crippen LogP contribution in [-0.4, -0.2) is 42.1 Å². The molecule has 1 N–H and O–H groups in total. The lowest BCUT2D eigenvalue weighted by atomic mass is 10.1. The Hall–Kier alpha value is -2.59. The minimum absolute atomic E-state index is 0.655. The normalized spacial score (nSPS) is 10.8. The highest BCUT2D eigenvalue weighted by Gasteiger charge is 2.11. The molecular formula is C20H21N5S. The van der Waals surface area contributed by atoms with Gasteiger partial charge in [0.05, 0.1) is 17.3 Å². The smallest absolute Gasteiger partial charge is 0.125 e. The molecular weight excluding hydrogens is 342 g/mol. The number of benzene rings is 1. The number of thiazole rings is 1. The second kappa shape index (κ2) is 8.68. The highest BCUT2D eigenvalue weighted by molar-refractivity contribution is 7.13. The molecule has 0 amide bonds. The van der Waals surface area contributed by atoms with Gasteiger partial charge in [-0.25, -0.2) is 4.98 Å². The zero-order chi connectivity index (χ0) is 18.4. The van der Waals surface area contributed by atoms with Crippen molar-refractivity contribution in [2.45, 2.75) is 6.54 Å². The van der Waals surface area contributed by atoms with E-state index in [-0.39, 0.29) is 0 Å². The van der Waals surface area contributed by atoms with E-state index in [2.05, 4.69) is 35.4 Å². The molecule has 0 fully saturated rings. The summed E-state index contributed by atoms with van der Waals surface area (Å²) in [7, 11) is 4.14. The molecule has 0 spiro atoms. The zero-order valence-electron chi connectivity index (χ0n) is 14.9. The van der Waals surface area contributed by atoms with Crippen molar-refractivity contribution in [1.29, 1.82) is 5.26 Å². The SMILES string of the molecule is CN(C)CCNCc1ccncc1-c1nc(-c2ccc(C#N)cc2)cs1. The molecule has 0 radical (unpaired) electrons. The third-order valence-corrected chi connectivity index (χ3v) is 4.88. The molecule has 0 unspecified atom stereocenters. The standard InChI is InChI=1S/C20H21N5S/c1-25(2)10-9-23-12-17-7-8-22-13-18(17)20-24-19(14-26-20)16-5-3-15(11-21)4-6-16/h3-8,13-14,23H,9-10,12H2,1-2H3. The van der Waals surface area contributed by atoms with Crippen molar-refractivity contribution in [3.63, 3.8) is 0 Å². The molecule has 5 nitrogen and oxygen atoms in total. The van der Waals surface area contributed by atoms with Crippen LogP contribution in [0.3, 0.4) is 0 Å². The minimum atomic E-state index is 0.655. The fraction of sp³-hybridized carbons (Fsp3) is 0.250. The summed E-state index contributed by atoms with van der Waals surface area (Å²) in [5.41, 5.74) is 4.85. The topological polar surface area (TPSA) is 64.8 Å². The van der Waals surface area contributed by atoms with Crippen LogP contribution in [0.5, 0.6) is 0 Å². The van der Waals surface area contributed by atoms with E-state index < -0.39 is 0 Å². The lowest BCUT2D eigenvalue weighted by Gasteiger charge is -2.11. The fourth-order valence-corrected chi connectivity index (χ4v) is 3.42. The summed E-state index contributed by atoms with van der Waals surface area (Å²) in [5, 5.41) is 15.4. The quantitative estimate of drug-likeness (QED) is 0.652. The van der Waals surface area contributed by atoms with Crippen LogP contribution in [0.4, 0.5) is 0 Å². The molecule has 0 saturated heterocycles. The number of nitrogens with zero attached hydrogens (tertiary/aromatic N) is 4. The van der Waals surface area contributed by atoms with Crippen molar-refractivity contribution in [2.75, 3.05) is 27.2 Å². The Kier molecular flexibility index (Phi) is 6.08. The van der Waals surface area contributed by atoms with Gasteiger partial charge in [0.15, 0.2) is 0 Å². The van der Waals surface area contributed by atoms with Gasteiger partial charge in [-0.15, -0.1) is 11.3 Å². The van der Waals surface area contributed by atoms with Gasteiger partial charge in [-0.3, -0.25) is 4.98 Å². The van der Waals surface area contributed by atoms with Gasteiger partial charge < -0.3 is 10.2 Å². The Labute approximate surface area is 158 Å². The highest BCUT2D eigenvalue weighted by atomic mass is 32.1. The van der Waals surface area contributed by atoms with Crippen LogP contribution in [0, 0.1) is 11.3 Å². The summed E-state index contributed by atoms with van der Waals surface area (Å²) < 4.78 is 0. The van der Waals surface area contributed by atoms with Crippen molar-refractivity contribution in [2.24, 2.45) is 0 Å². The first kappa shape index (κ1) is 18.2. The van der Waals surface area contributed by atoms with Gasteiger partial charge in [-0.1, -0.05) is 12.1 Å². The number of rotatable bonds is 7. The number of aromatic nitrogens is 2. The molecule has 3 rings (SSSR count). The van der Waals surface area contributed by atoms with E-state index in [4.69, 9.17) is 10.2 Å². The van der Waals surface area contributed by atoms with E-state index in [1.165, 1.54) is 5.56 Å². The predicted octanol–water partition coefficient (Wildman–Crippen LogP) is 3.39. The highest BCUT2D eigenvalue weighted by Crippen LogP contribution is 2.30. The van der Waals surface area contributed by atoms with E-state index in [0.29, 0.717) is 5.56 Å². The monoisotopic (exact) mass is 363 g/mol. The van der Waals surface area contributed by atoms with E-state index in [1.54, 1.807) is 11.3 Å². The number of likely N-dealkylation sites (N-methyl/N-ethyl adjacent to an activating group) is 1. The van der Waals surface area contributed by atoms with Crippen LogP contribution in [0.15, 0.2) is 48.1 Å². The minimum Gasteiger partial charge on any atom is -0.311 e. The largest absolute Gasteiger partial charge is 0.311 e. The van der Waals surface area contributed by atoms with Gasteiger partial charge in [0, 0.05) is 48.5 Å². The molecule has 0 bridgehead atoms. The number of nitrogens with one attached hydrogen (secondary N) is 1. The lowest BCUT2D eigenvalue weighted by Crippen LogP contribution is -2.26. The summed E-state index contributed by atoms with van der Waals surface area (Å²) in [6, 6.07) is 11.7. The molecule has 132 valence electrons. The molecule has 0 saturated carbocycles. The number of pyridine rings is 1. The first-order chi connectivity index (χ1) is 12.7. The van der Waals surface area contributed by atoms with Crippen molar-refractivity contribution in [3.8, 4) is 27.9 Å². The van der Waals surface area contributed by atoms with Gasteiger partial charge in [0.2, 0.25) is 0 Å². The van der Waals surface area contributed by atoms with Crippen LogP contribution in [0.2, 0.25) is 0 Å². The second-order valence-corrected chi connectivity index (χ2v) is 7.10. The molecule has 26 heavy (non-hydrogen) atoms. The first-order valence-electron chi connectivity index (χ1n) is 8.42. The molecule has 6 heteroatoms. The molecule has 3 aromatic rings. The third-order valence-electron chi connectivity index (χ3n) is 4.01. The van der Waals surface area contributed by atoms with Crippen LogP contribution in [0.25, 0.3) is 21.8 Å². The molecule has 2 heterocycles. The maximum Gasteiger partial charge on any atom is 0.125 e. The molecule has 2 aromatic heterocycles. The molecule has 0 atom stereocenters. The van der Waals surface area contributed by atoms with Gasteiger partial charge in [0.25, 0.3) is 0 Å². The first-order valence-corrected chi connectivity index (χ1v) is 9.30. The molecule has 0 aliphatic heterocycles. The van der Waals surface area contributed by atoms with Gasteiger partial charge in [-0.05, 0) is 37.9 Å². The van der Waals surface area contributed by atoms with Crippen LogP contribution in [0.1, 0.15) is 11.1 Å². The van der Waals surface area contributed by atoms with Crippen molar-refractivity contribution in [1.82, 2.24) is 20.2 Å². The molecule has 0 aliphatic rings. The van der Waals surface area contributed by atoms with E-state index in [0.717, 1.165) is 41.5 Å². The Balaban J connectivity index is 1.77. The molecule has 1 aromatic carbocycles. The second-order valence-electron chi connectivity index (χ2n) is 6.24. The van der Waals surface area contributed by atoms with Crippen molar-refractivity contribution in [3.05, 3.63) is 59.2 Å². The van der Waals surface area contributed by atoms with E-state index in [9.17, 15) is 0 Å². The zero-order valence-corrected chi connectivity index (χ0v) is 15.8. The van der Waals surface area contributed by atoms with Crippen molar-refractivity contribution >= 4 is 11.3 Å². The lowest BCUT2D eigenvalue weighted by molar-refractivity contribution is 0.400. The summed E-state index contributed by atoms with van der Waals surface area (Å²) >= 11 is 1.61. The summed E-state index contributed by atoms with van der Waals surface area (Å²) in [6.07, 6.45) is 3.70. The van der Waals surface area contributed by atoms with E-state index >= 15 is 0 Å². The van der Waals surface area contributed by atoms with Crippen molar-refractivity contribution < 1.29 is 0 Å². The average Bonchev–Trinajstić information content (AvgIpc) is 3.15. The summed E-state index contributed by atoms with van der Waals surface area (Å²) in [6.45, 7) is 2.72. The Morgan fingerprint density at radius 3 is 2.73 bits per heavy atom. The summed E-state index contributed by atoms with van der Waals surface area (Å²) in [4.78, 5) is 11.2. The number of hydrogen-bond donors (Lipinski definition) is 1. The average molecular weight is 363 g/mol. The van der Waals surface area contributed by atoms with Crippen LogP contribution < -0.4 is 5.32 Å². The van der Waals surface area contributed by atoms with Gasteiger partial charge in [0.1, 0.15) is 5.01 Å². The molecule has 0 aliphatic carbocycles. The Morgan fingerprint density at radius 2 is 2.00 bits per heavy atom. The Morgan fingerprint density at radius 1 is 1.19 bits per heavy atom. The summed E-state index contributed by atoms with van der Waals surface area (Å²) in [5.74, 6) is 0. The van der Waals surface area contributed by atoms with Gasteiger partial charge in [-0.2, -0.15) is 5.26 Å². The van der Waals surface area contributed by atoms with Crippen LogP contribution in [-0.2, 0) is 6.54 Å². The number of hydrogen-bond acceptors (Lipinski definition) is 6. The maximum absolute atomic E-state index is 8.92. The third kappa shape index (κ3) is 4.52. The van der Waals surface area contributed by atoms with Gasteiger partial charge >= 0.3 is 0 Å². The maximum atomic E-state index is 8.92. The number of nitriles is 1. The fourth-order valence-electron chi connectivity index (χ4n) is 2.54. The van der Waals surface area contributed by atoms with E-state index in [1.807, 2.05) is 48.1 Å². The van der Waals surface area contributed by atoms with Crippen LogP contribution >= 0.6 is 11.3 Å². The Bertz CT molecular complexity index is 893. The predicted molar refractivity (Wildman–Crippen MR) is 106 cm³/mol.